The third kappa shape index (κ3) is 9.56. The smallest absolute Gasteiger partial charge is 0.123 e. The summed E-state index contributed by atoms with van der Waals surface area (Å²) in [5.41, 5.74) is 3.12. The number of hydrogen-bond acceptors (Lipinski definition) is 4. The zero-order valence-corrected chi connectivity index (χ0v) is 11.4. The molecule has 0 bridgehead atoms. The van der Waals surface area contributed by atoms with Crippen molar-refractivity contribution in [3.63, 3.8) is 0 Å². The standard InChI is InChI=1S/C12H22N4O2/c1-10(6-12(3)18-13-4)15-8-14-9-16-11(2)7-17-5/h6,8-9,11,13H,1,7H2,2-5H3,(H,14,15,16)/b12-6+. The van der Waals surface area contributed by atoms with Gasteiger partial charge in [-0.2, -0.15) is 5.48 Å². The Bertz CT molecular complexity index is 324. The van der Waals surface area contributed by atoms with Gasteiger partial charge in [0.2, 0.25) is 0 Å². The normalized spacial score (nSPS) is 14.1. The molecule has 0 aromatic heterocycles. The van der Waals surface area contributed by atoms with Crippen LogP contribution in [0.15, 0.2) is 34.1 Å². The van der Waals surface area contributed by atoms with Crippen LogP contribution >= 0.6 is 0 Å². The Kier molecular flexibility index (Phi) is 9.52. The Morgan fingerprint density at radius 1 is 1.50 bits per heavy atom. The van der Waals surface area contributed by atoms with Gasteiger partial charge in [0, 0.05) is 26.3 Å². The van der Waals surface area contributed by atoms with Crippen molar-refractivity contribution in [2.45, 2.75) is 19.9 Å². The van der Waals surface area contributed by atoms with Crippen LogP contribution in [0.2, 0.25) is 0 Å². The molecule has 6 heteroatoms. The maximum Gasteiger partial charge on any atom is 0.123 e. The summed E-state index contributed by atoms with van der Waals surface area (Å²) in [7, 11) is 3.34. The third-order valence-electron chi connectivity index (χ3n) is 1.77. The predicted molar refractivity (Wildman–Crippen MR) is 74.5 cm³/mol. The molecule has 0 aliphatic rings. The molecule has 0 heterocycles. The van der Waals surface area contributed by atoms with Gasteiger partial charge < -0.3 is 14.9 Å². The number of rotatable bonds is 9. The molecule has 2 N–H and O–H groups in total. The Morgan fingerprint density at radius 3 is 2.83 bits per heavy atom. The van der Waals surface area contributed by atoms with E-state index in [1.165, 1.54) is 6.34 Å². The van der Waals surface area contributed by atoms with Crippen LogP contribution in [-0.4, -0.2) is 39.5 Å². The van der Waals surface area contributed by atoms with Gasteiger partial charge in [-0.25, -0.2) is 9.98 Å². The van der Waals surface area contributed by atoms with E-state index >= 15 is 0 Å². The first kappa shape index (κ1) is 16.3. The highest BCUT2D eigenvalue weighted by Gasteiger charge is 1.94. The number of ether oxygens (including phenoxy) is 1. The van der Waals surface area contributed by atoms with Gasteiger partial charge in [-0.3, -0.25) is 0 Å². The summed E-state index contributed by atoms with van der Waals surface area (Å²) in [4.78, 5) is 13.0. The van der Waals surface area contributed by atoms with E-state index in [1.807, 2.05) is 6.92 Å². The minimum Gasteiger partial charge on any atom is -0.414 e. The minimum atomic E-state index is 0.210. The van der Waals surface area contributed by atoms with E-state index in [2.05, 4.69) is 27.4 Å². The molecule has 0 rings (SSSR count). The van der Waals surface area contributed by atoms with Crippen LogP contribution in [-0.2, 0) is 9.57 Å². The summed E-state index contributed by atoms with van der Waals surface area (Å²) in [5.74, 6) is 0.676. The molecule has 0 aliphatic heterocycles. The molecule has 6 nitrogen and oxygen atoms in total. The summed E-state index contributed by atoms with van der Waals surface area (Å²) >= 11 is 0. The Labute approximate surface area is 108 Å². The Balaban J connectivity index is 3.98. The molecule has 0 fully saturated rings. The number of aliphatic imine (C=N–C) groups is 2. The van der Waals surface area contributed by atoms with E-state index in [1.54, 1.807) is 33.5 Å². The molecule has 0 saturated carbocycles. The van der Waals surface area contributed by atoms with Gasteiger partial charge in [0.25, 0.3) is 0 Å². The topological polar surface area (TPSA) is 67.2 Å². The summed E-state index contributed by atoms with van der Waals surface area (Å²) in [6.45, 7) is 8.16. The fraction of sp³-hybridized carbons (Fsp3) is 0.500. The molecule has 0 radical (unpaired) electrons. The van der Waals surface area contributed by atoms with E-state index in [0.29, 0.717) is 18.1 Å². The van der Waals surface area contributed by atoms with E-state index in [4.69, 9.17) is 9.57 Å². The summed E-state index contributed by atoms with van der Waals surface area (Å²) in [6, 6.07) is 0.210. The van der Waals surface area contributed by atoms with Crippen LogP contribution in [0.3, 0.4) is 0 Å². The lowest BCUT2D eigenvalue weighted by molar-refractivity contribution is 0.128. The third-order valence-corrected chi connectivity index (χ3v) is 1.77. The van der Waals surface area contributed by atoms with Gasteiger partial charge in [-0.1, -0.05) is 6.58 Å². The van der Waals surface area contributed by atoms with E-state index in [-0.39, 0.29) is 6.04 Å². The van der Waals surface area contributed by atoms with Crippen molar-refractivity contribution >= 4 is 12.7 Å². The molecule has 102 valence electrons. The average molecular weight is 254 g/mol. The second kappa shape index (κ2) is 10.5. The molecule has 1 unspecified atom stereocenters. The first-order valence-corrected chi connectivity index (χ1v) is 5.60. The molecular weight excluding hydrogens is 232 g/mol. The van der Waals surface area contributed by atoms with Crippen molar-refractivity contribution in [2.24, 2.45) is 9.98 Å². The Morgan fingerprint density at radius 2 is 2.22 bits per heavy atom. The zero-order valence-electron chi connectivity index (χ0n) is 11.4. The number of nitrogens with zero attached hydrogens (tertiary/aromatic N) is 2. The largest absolute Gasteiger partial charge is 0.414 e. The second-order valence-electron chi connectivity index (χ2n) is 3.60. The molecule has 0 aromatic carbocycles. The highest BCUT2D eigenvalue weighted by Crippen LogP contribution is 2.00. The van der Waals surface area contributed by atoms with Crippen LogP contribution in [0.25, 0.3) is 0 Å². The van der Waals surface area contributed by atoms with Crippen molar-refractivity contribution in [2.75, 3.05) is 20.8 Å². The van der Waals surface area contributed by atoms with Crippen LogP contribution in [0.1, 0.15) is 13.8 Å². The van der Waals surface area contributed by atoms with Crippen LogP contribution in [0, 0.1) is 0 Å². The molecule has 0 aliphatic carbocycles. The highest BCUT2D eigenvalue weighted by atomic mass is 16.6. The fourth-order valence-electron chi connectivity index (χ4n) is 1.07. The molecule has 18 heavy (non-hydrogen) atoms. The first-order chi connectivity index (χ1) is 8.60. The van der Waals surface area contributed by atoms with Gasteiger partial charge in [0.05, 0.1) is 18.6 Å². The lowest BCUT2D eigenvalue weighted by Crippen LogP contribution is -2.28. The van der Waals surface area contributed by atoms with Crippen molar-refractivity contribution < 1.29 is 9.57 Å². The monoisotopic (exact) mass is 254 g/mol. The van der Waals surface area contributed by atoms with E-state index in [0.717, 1.165) is 0 Å². The number of hydroxylamine groups is 1. The van der Waals surface area contributed by atoms with Crippen molar-refractivity contribution in [3.8, 4) is 0 Å². The van der Waals surface area contributed by atoms with Gasteiger partial charge >= 0.3 is 0 Å². The van der Waals surface area contributed by atoms with Gasteiger partial charge in [0.15, 0.2) is 0 Å². The number of allylic oxidation sites excluding steroid dienone is 2. The number of nitrogens with one attached hydrogen (secondary N) is 2. The predicted octanol–water partition coefficient (Wildman–Crippen LogP) is 1.24. The molecule has 0 amide bonds. The van der Waals surface area contributed by atoms with Gasteiger partial charge in [-0.15, -0.1) is 0 Å². The molecule has 0 aromatic rings. The lowest BCUT2D eigenvalue weighted by Gasteiger charge is -2.08. The van der Waals surface area contributed by atoms with Crippen LogP contribution in [0.5, 0.6) is 0 Å². The Hall–Kier alpha value is -1.66. The first-order valence-electron chi connectivity index (χ1n) is 5.60. The summed E-state index contributed by atoms with van der Waals surface area (Å²) in [6.07, 6.45) is 4.68. The lowest BCUT2D eigenvalue weighted by atomic mass is 10.4. The van der Waals surface area contributed by atoms with Crippen LogP contribution < -0.4 is 10.8 Å². The fourth-order valence-corrected chi connectivity index (χ4v) is 1.07. The maximum atomic E-state index is 5.01. The molecule has 1 atom stereocenters. The quantitative estimate of drug-likeness (QED) is 0.213. The molecule has 0 saturated heterocycles. The molecule has 0 spiro atoms. The highest BCUT2D eigenvalue weighted by molar-refractivity contribution is 5.71. The second-order valence-corrected chi connectivity index (χ2v) is 3.60. The van der Waals surface area contributed by atoms with Crippen molar-refractivity contribution in [1.82, 2.24) is 10.8 Å². The average Bonchev–Trinajstić information content (AvgIpc) is 2.29. The van der Waals surface area contributed by atoms with E-state index in [9.17, 15) is 0 Å². The maximum absolute atomic E-state index is 5.01. The molecular formula is C12H22N4O2. The zero-order chi connectivity index (χ0) is 13.8. The number of hydrogen-bond donors (Lipinski definition) is 2. The van der Waals surface area contributed by atoms with Crippen molar-refractivity contribution in [3.05, 3.63) is 24.1 Å². The number of methoxy groups -OCH3 is 1. The SMILES string of the molecule is C=C(/C=C(\C)ONC)/N=C\N=C\NC(C)COC. The summed E-state index contributed by atoms with van der Waals surface area (Å²) < 4.78 is 4.97. The van der Waals surface area contributed by atoms with Gasteiger partial charge in [-0.05, 0) is 13.8 Å². The minimum absolute atomic E-state index is 0.210. The van der Waals surface area contributed by atoms with Gasteiger partial charge in [0.1, 0.15) is 12.1 Å². The summed E-state index contributed by atoms with van der Waals surface area (Å²) in [5, 5.41) is 3.03. The van der Waals surface area contributed by atoms with Crippen LogP contribution in [0.4, 0.5) is 0 Å². The van der Waals surface area contributed by atoms with E-state index < -0.39 is 0 Å². The van der Waals surface area contributed by atoms with Crippen molar-refractivity contribution in [1.29, 1.82) is 0 Å².